The van der Waals surface area contributed by atoms with Crippen LogP contribution in [0.25, 0.3) is 0 Å². The van der Waals surface area contributed by atoms with Crippen molar-refractivity contribution in [3.63, 3.8) is 0 Å². The highest BCUT2D eigenvalue weighted by atomic mass is 35.5. The summed E-state index contributed by atoms with van der Waals surface area (Å²) in [5, 5.41) is 1.09. The first-order valence-corrected chi connectivity index (χ1v) is 8.84. The molecule has 0 saturated carbocycles. The van der Waals surface area contributed by atoms with Gasteiger partial charge in [-0.1, -0.05) is 35.0 Å². The third-order valence-electron chi connectivity index (χ3n) is 2.68. The molecule has 0 amide bonds. The van der Waals surface area contributed by atoms with Gasteiger partial charge in [-0.25, -0.2) is 4.57 Å². The van der Waals surface area contributed by atoms with E-state index in [-0.39, 0.29) is 0 Å². The molecular formula is C13H9Cl2O4PS. The lowest BCUT2D eigenvalue weighted by Crippen LogP contribution is -2.06. The number of halogens is 2. The Balaban J connectivity index is 2.18. The summed E-state index contributed by atoms with van der Waals surface area (Å²) in [6.07, 6.45) is 0. The van der Waals surface area contributed by atoms with Crippen molar-refractivity contribution >= 4 is 42.8 Å². The van der Waals surface area contributed by atoms with Crippen LogP contribution in [0, 0.1) is 0 Å². The van der Waals surface area contributed by atoms with Crippen LogP contribution in [0.4, 0.5) is 0 Å². The molecule has 1 aliphatic heterocycles. The van der Waals surface area contributed by atoms with Crippen LogP contribution >= 0.6 is 42.8 Å². The van der Waals surface area contributed by atoms with Gasteiger partial charge in [0.2, 0.25) is 0 Å². The van der Waals surface area contributed by atoms with E-state index in [0.29, 0.717) is 31.3 Å². The second kappa shape index (κ2) is 5.75. The molecule has 3 rings (SSSR count). The molecule has 21 heavy (non-hydrogen) atoms. The van der Waals surface area contributed by atoms with Gasteiger partial charge >= 0.3 is 7.82 Å². The molecule has 2 aromatic rings. The van der Waals surface area contributed by atoms with Gasteiger partial charge in [-0.15, -0.1) is 0 Å². The highest BCUT2D eigenvalue weighted by Crippen LogP contribution is 2.56. The first kappa shape index (κ1) is 15.1. The van der Waals surface area contributed by atoms with Crippen molar-refractivity contribution in [3.8, 4) is 11.5 Å². The van der Waals surface area contributed by atoms with Gasteiger partial charge in [-0.2, -0.15) is 0 Å². The lowest BCUT2D eigenvalue weighted by molar-refractivity contribution is 0.245. The number of benzene rings is 2. The maximum absolute atomic E-state index is 12.5. The van der Waals surface area contributed by atoms with Crippen molar-refractivity contribution in [3.05, 3.63) is 46.4 Å². The Kier molecular flexibility index (Phi) is 4.12. The van der Waals surface area contributed by atoms with Gasteiger partial charge < -0.3 is 9.05 Å². The SMILES string of the molecule is COP1(=O)Oc2ccc(Cl)cc2Sc2cc(Cl)ccc2O1. The first-order valence-electron chi connectivity index (χ1n) is 5.81. The van der Waals surface area contributed by atoms with Crippen molar-refractivity contribution in [1.82, 2.24) is 0 Å². The summed E-state index contributed by atoms with van der Waals surface area (Å²) in [4.78, 5) is 1.40. The molecule has 0 radical (unpaired) electrons. The Morgan fingerprint density at radius 2 is 1.48 bits per heavy atom. The van der Waals surface area contributed by atoms with Crippen molar-refractivity contribution in [2.75, 3.05) is 7.11 Å². The van der Waals surface area contributed by atoms with Crippen LogP contribution in [-0.2, 0) is 9.09 Å². The van der Waals surface area contributed by atoms with Crippen molar-refractivity contribution in [2.24, 2.45) is 0 Å². The third-order valence-corrected chi connectivity index (χ3v) is 5.51. The molecule has 0 spiro atoms. The van der Waals surface area contributed by atoms with Crippen LogP contribution in [0.2, 0.25) is 10.0 Å². The Morgan fingerprint density at radius 1 is 1.00 bits per heavy atom. The number of phosphoric ester groups is 1. The van der Waals surface area contributed by atoms with Gasteiger partial charge in [-0.05, 0) is 36.4 Å². The second-order valence-electron chi connectivity index (χ2n) is 4.10. The molecule has 0 bridgehead atoms. The van der Waals surface area contributed by atoms with Gasteiger partial charge in [0.05, 0.1) is 9.79 Å². The van der Waals surface area contributed by atoms with Crippen LogP contribution < -0.4 is 9.05 Å². The van der Waals surface area contributed by atoms with E-state index in [1.54, 1.807) is 36.4 Å². The van der Waals surface area contributed by atoms with Crippen molar-refractivity contribution in [1.29, 1.82) is 0 Å². The maximum atomic E-state index is 12.5. The van der Waals surface area contributed by atoms with Crippen LogP contribution in [0.3, 0.4) is 0 Å². The van der Waals surface area contributed by atoms with Crippen LogP contribution in [0.1, 0.15) is 0 Å². The molecule has 0 atom stereocenters. The standard InChI is InChI=1S/C13H9Cl2O4PS/c1-17-20(16)18-10-4-2-8(14)6-12(10)21-13-7-9(15)3-5-11(13)19-20/h2-7H,1H3. The fourth-order valence-electron chi connectivity index (χ4n) is 1.73. The largest absolute Gasteiger partial charge is 0.587 e. The molecule has 1 heterocycles. The Labute approximate surface area is 135 Å². The number of phosphoric acid groups is 1. The zero-order valence-corrected chi connectivity index (χ0v) is 13.9. The van der Waals surface area contributed by atoms with E-state index >= 15 is 0 Å². The van der Waals surface area contributed by atoms with E-state index in [1.807, 2.05) is 0 Å². The number of hydrogen-bond acceptors (Lipinski definition) is 5. The van der Waals surface area contributed by atoms with Crippen molar-refractivity contribution < 1.29 is 18.1 Å². The third kappa shape index (κ3) is 3.17. The van der Waals surface area contributed by atoms with Gasteiger partial charge in [0.15, 0.2) is 0 Å². The summed E-state index contributed by atoms with van der Waals surface area (Å²) in [6.45, 7) is 0. The van der Waals surface area contributed by atoms with E-state index in [4.69, 9.17) is 36.8 Å². The van der Waals surface area contributed by atoms with Gasteiger partial charge in [0.25, 0.3) is 0 Å². The summed E-state index contributed by atoms with van der Waals surface area (Å²) in [5.74, 6) is 0.750. The monoisotopic (exact) mass is 362 g/mol. The summed E-state index contributed by atoms with van der Waals surface area (Å²) in [5.41, 5.74) is 0. The van der Waals surface area contributed by atoms with E-state index in [2.05, 4.69) is 0 Å². The van der Waals surface area contributed by atoms with Gasteiger partial charge in [0, 0.05) is 17.2 Å². The van der Waals surface area contributed by atoms with E-state index in [9.17, 15) is 4.57 Å². The normalized spacial score (nSPS) is 15.8. The lowest BCUT2D eigenvalue weighted by atomic mass is 10.3. The zero-order valence-electron chi connectivity index (χ0n) is 10.7. The summed E-state index contributed by atoms with van der Waals surface area (Å²) in [6, 6.07) is 9.96. The van der Waals surface area contributed by atoms with Crippen molar-refractivity contribution in [2.45, 2.75) is 9.79 Å². The molecule has 2 aromatic carbocycles. The second-order valence-corrected chi connectivity index (χ2v) is 7.68. The fourth-order valence-corrected chi connectivity index (χ4v) is 4.34. The predicted molar refractivity (Wildman–Crippen MR) is 82.9 cm³/mol. The molecule has 110 valence electrons. The molecule has 0 N–H and O–H groups in total. The van der Waals surface area contributed by atoms with Gasteiger partial charge in [0.1, 0.15) is 11.5 Å². The zero-order chi connectivity index (χ0) is 15.0. The average Bonchev–Trinajstić information content (AvgIpc) is 2.43. The van der Waals surface area contributed by atoms with E-state index < -0.39 is 7.82 Å². The average molecular weight is 363 g/mol. The number of rotatable bonds is 1. The quantitative estimate of drug-likeness (QED) is 0.611. The van der Waals surface area contributed by atoms with E-state index in [0.717, 1.165) is 0 Å². The Bertz CT molecular complexity index is 695. The summed E-state index contributed by atoms with van der Waals surface area (Å²) < 4.78 is 28.3. The first-order chi connectivity index (χ1) is 9.99. The summed E-state index contributed by atoms with van der Waals surface area (Å²) in [7, 11) is -2.50. The maximum Gasteiger partial charge on any atom is 0.587 e. The smallest absolute Gasteiger partial charge is 0.394 e. The molecule has 1 aliphatic rings. The fraction of sp³-hybridized carbons (Fsp3) is 0.0769. The summed E-state index contributed by atoms with van der Waals surface area (Å²) >= 11 is 13.4. The van der Waals surface area contributed by atoms with E-state index in [1.165, 1.54) is 18.9 Å². The van der Waals surface area contributed by atoms with Gasteiger partial charge in [-0.3, -0.25) is 4.52 Å². The number of hydrogen-bond donors (Lipinski definition) is 0. The highest BCUT2D eigenvalue weighted by molar-refractivity contribution is 7.99. The lowest BCUT2D eigenvalue weighted by Gasteiger charge is -2.23. The predicted octanol–water partition coefficient (Wildman–Crippen LogP) is 5.67. The molecule has 0 unspecified atom stereocenters. The molecular weight excluding hydrogens is 354 g/mol. The topological polar surface area (TPSA) is 44.8 Å². The van der Waals surface area contributed by atoms with Crippen LogP contribution in [0.5, 0.6) is 11.5 Å². The molecule has 0 aromatic heterocycles. The minimum absolute atomic E-state index is 0.375. The molecule has 0 aliphatic carbocycles. The van der Waals surface area contributed by atoms with Crippen LogP contribution in [0.15, 0.2) is 46.2 Å². The minimum Gasteiger partial charge on any atom is -0.394 e. The minimum atomic E-state index is -3.76. The molecule has 8 heteroatoms. The Morgan fingerprint density at radius 3 is 1.90 bits per heavy atom. The Hall–Kier alpha value is -0.840. The number of fused-ring (bicyclic) bond motifs is 2. The molecule has 4 nitrogen and oxygen atoms in total. The molecule has 0 fully saturated rings. The highest BCUT2D eigenvalue weighted by Gasteiger charge is 2.33. The molecule has 0 saturated heterocycles. The van der Waals surface area contributed by atoms with Crippen LogP contribution in [-0.4, -0.2) is 7.11 Å².